The molecule has 0 fully saturated rings. The number of aromatic amines is 2. The minimum Gasteiger partial charge on any atom is -0.488 e. The molecule has 174 valence electrons. The lowest BCUT2D eigenvalue weighted by Crippen LogP contribution is -2.11. The fourth-order valence-electron chi connectivity index (χ4n) is 3.99. The largest absolute Gasteiger partial charge is 0.488 e. The van der Waals surface area contributed by atoms with Crippen molar-refractivity contribution in [2.24, 2.45) is 0 Å². The smallest absolute Gasteiger partial charge is 0.255 e. The van der Waals surface area contributed by atoms with E-state index in [4.69, 9.17) is 10.00 Å². The Labute approximate surface area is 210 Å². The molecule has 0 aliphatic carbocycles. The number of imidazole rings is 1. The maximum Gasteiger partial charge on any atom is 0.255 e. The van der Waals surface area contributed by atoms with Crippen LogP contribution in [0.25, 0.3) is 33.3 Å². The van der Waals surface area contributed by atoms with Gasteiger partial charge < -0.3 is 20.0 Å². The molecular weight excluding hydrogens is 470 g/mol. The molecule has 3 aromatic carbocycles. The Balaban J connectivity index is 1.15. The van der Waals surface area contributed by atoms with Gasteiger partial charge in [0.25, 0.3) is 5.91 Å². The number of aromatic nitrogens is 3. The monoisotopic (exact) mass is 489 g/mol. The van der Waals surface area contributed by atoms with Gasteiger partial charge in [0, 0.05) is 39.5 Å². The first-order valence-corrected chi connectivity index (χ1v) is 12.1. The van der Waals surface area contributed by atoms with Crippen molar-refractivity contribution >= 4 is 44.9 Å². The standard InChI is InChI=1S/C28H19N5O2S/c29-15-22-8-9-23(36-22)16-35-21-7-10-24-26(14-21)33-27(32-24)18-1-3-19(4-2-18)28(34)31-20-6-5-17-11-12-30-25(17)13-20/h1-14,30H,16H2,(H,31,34)(H,32,33). The number of hydrogen-bond acceptors (Lipinski definition) is 5. The molecule has 3 aromatic heterocycles. The summed E-state index contributed by atoms with van der Waals surface area (Å²) in [7, 11) is 0. The summed E-state index contributed by atoms with van der Waals surface area (Å²) in [5, 5.41) is 13.0. The minimum absolute atomic E-state index is 0.175. The lowest BCUT2D eigenvalue weighted by Gasteiger charge is -2.06. The molecule has 0 spiro atoms. The van der Waals surface area contributed by atoms with Gasteiger partial charge in [-0.2, -0.15) is 5.26 Å². The third-order valence-corrected chi connectivity index (χ3v) is 6.80. The SMILES string of the molecule is N#Cc1ccc(COc2ccc3nc(-c4ccc(C(=O)Nc5ccc6cc[nH]c6c5)cc4)[nH]c3c2)s1. The molecule has 0 aliphatic heterocycles. The summed E-state index contributed by atoms with van der Waals surface area (Å²) in [6.45, 7) is 0.404. The van der Waals surface area contributed by atoms with Crippen LogP contribution >= 0.6 is 11.3 Å². The van der Waals surface area contributed by atoms with Crippen molar-refractivity contribution in [3.05, 3.63) is 100 Å². The predicted octanol–water partition coefficient (Wildman–Crippen LogP) is 6.48. The predicted molar refractivity (Wildman–Crippen MR) is 141 cm³/mol. The average Bonchev–Trinajstić information content (AvgIpc) is 3.66. The number of anilines is 1. The summed E-state index contributed by atoms with van der Waals surface area (Å²) in [6.07, 6.45) is 1.87. The molecule has 6 aromatic rings. The number of rotatable bonds is 6. The molecule has 0 aliphatic rings. The van der Waals surface area contributed by atoms with E-state index in [0.717, 1.165) is 38.1 Å². The second-order valence-corrected chi connectivity index (χ2v) is 9.41. The van der Waals surface area contributed by atoms with E-state index >= 15 is 0 Å². The second kappa shape index (κ2) is 9.06. The maximum atomic E-state index is 12.7. The van der Waals surface area contributed by atoms with Crippen LogP contribution in [0.15, 0.2) is 85.1 Å². The normalized spacial score (nSPS) is 11.0. The van der Waals surface area contributed by atoms with Crippen LogP contribution in [-0.4, -0.2) is 20.9 Å². The Kier molecular flexibility index (Phi) is 5.45. The number of ether oxygens (including phenoxy) is 1. The molecule has 1 amide bonds. The van der Waals surface area contributed by atoms with E-state index in [1.807, 2.05) is 66.9 Å². The Bertz CT molecular complexity index is 1750. The van der Waals surface area contributed by atoms with Gasteiger partial charge in [0.1, 0.15) is 29.1 Å². The molecule has 0 bridgehead atoms. The number of benzene rings is 3. The van der Waals surface area contributed by atoms with Crippen LogP contribution in [0.2, 0.25) is 0 Å². The van der Waals surface area contributed by atoms with Crippen LogP contribution < -0.4 is 10.1 Å². The summed E-state index contributed by atoms with van der Waals surface area (Å²) in [5.41, 5.74) is 4.82. The van der Waals surface area contributed by atoms with E-state index in [-0.39, 0.29) is 5.91 Å². The highest BCUT2D eigenvalue weighted by Crippen LogP contribution is 2.26. The number of carbonyl (C=O) groups is 1. The highest BCUT2D eigenvalue weighted by Gasteiger charge is 2.11. The van der Waals surface area contributed by atoms with Gasteiger partial charge in [-0.05, 0) is 60.0 Å². The van der Waals surface area contributed by atoms with Crippen LogP contribution in [0.3, 0.4) is 0 Å². The van der Waals surface area contributed by atoms with Crippen LogP contribution in [0.1, 0.15) is 20.1 Å². The Morgan fingerprint density at radius 3 is 2.72 bits per heavy atom. The highest BCUT2D eigenvalue weighted by molar-refractivity contribution is 7.12. The minimum atomic E-state index is -0.175. The van der Waals surface area contributed by atoms with Crippen molar-refractivity contribution in [3.8, 4) is 23.2 Å². The molecule has 3 heterocycles. The second-order valence-electron chi connectivity index (χ2n) is 8.24. The summed E-state index contributed by atoms with van der Waals surface area (Å²) >= 11 is 1.43. The van der Waals surface area contributed by atoms with Crippen LogP contribution in [0.5, 0.6) is 5.75 Å². The molecule has 3 N–H and O–H groups in total. The number of amides is 1. The number of nitrogens with one attached hydrogen (secondary N) is 3. The lowest BCUT2D eigenvalue weighted by atomic mass is 10.1. The molecule has 0 unspecified atom stereocenters. The number of thiophene rings is 1. The summed E-state index contributed by atoms with van der Waals surface area (Å²) in [4.78, 5) is 25.5. The fraction of sp³-hybridized carbons (Fsp3) is 0.0357. The highest BCUT2D eigenvalue weighted by atomic mass is 32.1. The first-order valence-electron chi connectivity index (χ1n) is 11.2. The Morgan fingerprint density at radius 2 is 1.89 bits per heavy atom. The number of nitrogens with zero attached hydrogens (tertiary/aromatic N) is 2. The first-order chi connectivity index (χ1) is 17.6. The van der Waals surface area contributed by atoms with Gasteiger partial charge in [-0.3, -0.25) is 4.79 Å². The molecule has 8 heteroatoms. The van der Waals surface area contributed by atoms with Crippen molar-refractivity contribution in [2.45, 2.75) is 6.61 Å². The topological polar surface area (TPSA) is 107 Å². The van der Waals surface area contributed by atoms with Gasteiger partial charge in [0.15, 0.2) is 0 Å². The summed E-state index contributed by atoms with van der Waals surface area (Å²) in [6, 6.07) is 26.6. The average molecular weight is 490 g/mol. The number of carbonyl (C=O) groups excluding carboxylic acids is 1. The zero-order valence-corrected chi connectivity index (χ0v) is 19.7. The van der Waals surface area contributed by atoms with E-state index in [2.05, 4.69) is 26.3 Å². The molecule has 0 atom stereocenters. The third-order valence-electron chi connectivity index (χ3n) is 5.84. The van der Waals surface area contributed by atoms with Gasteiger partial charge >= 0.3 is 0 Å². The molecule has 0 saturated carbocycles. The van der Waals surface area contributed by atoms with Crippen LogP contribution in [0, 0.1) is 11.3 Å². The first kappa shape index (κ1) is 21.6. The zero-order valence-electron chi connectivity index (χ0n) is 18.9. The van der Waals surface area contributed by atoms with Crippen molar-refractivity contribution in [3.63, 3.8) is 0 Å². The lowest BCUT2D eigenvalue weighted by molar-refractivity contribution is 0.102. The molecular formula is C28H19N5O2S. The molecule has 7 nitrogen and oxygen atoms in total. The molecule has 6 rings (SSSR count). The molecule has 0 saturated heterocycles. The van der Waals surface area contributed by atoms with E-state index in [9.17, 15) is 4.79 Å². The maximum absolute atomic E-state index is 12.7. The van der Waals surface area contributed by atoms with Crippen LogP contribution in [0.4, 0.5) is 5.69 Å². The number of fused-ring (bicyclic) bond motifs is 2. The van der Waals surface area contributed by atoms with Gasteiger partial charge in [-0.15, -0.1) is 11.3 Å². The van der Waals surface area contributed by atoms with Crippen molar-refractivity contribution in [2.75, 3.05) is 5.32 Å². The Morgan fingerprint density at radius 1 is 1.00 bits per heavy atom. The van der Waals surface area contributed by atoms with E-state index in [1.165, 1.54) is 11.3 Å². The van der Waals surface area contributed by atoms with Gasteiger partial charge in [-0.1, -0.05) is 18.2 Å². The van der Waals surface area contributed by atoms with Crippen molar-refractivity contribution < 1.29 is 9.53 Å². The third kappa shape index (κ3) is 4.31. The van der Waals surface area contributed by atoms with Crippen LogP contribution in [-0.2, 0) is 6.61 Å². The number of nitriles is 1. The quantitative estimate of drug-likeness (QED) is 0.249. The van der Waals surface area contributed by atoms with Crippen molar-refractivity contribution in [1.82, 2.24) is 15.0 Å². The summed E-state index contributed by atoms with van der Waals surface area (Å²) in [5.74, 6) is 1.25. The molecule has 36 heavy (non-hydrogen) atoms. The van der Waals surface area contributed by atoms with Gasteiger partial charge in [0.05, 0.1) is 11.0 Å². The summed E-state index contributed by atoms with van der Waals surface area (Å²) < 4.78 is 5.89. The number of H-pyrrole nitrogens is 2. The number of hydrogen-bond donors (Lipinski definition) is 3. The Hall–Kier alpha value is -4.87. The van der Waals surface area contributed by atoms with E-state index in [0.29, 0.717) is 28.6 Å². The zero-order chi connectivity index (χ0) is 24.5. The van der Waals surface area contributed by atoms with Gasteiger partial charge in [0.2, 0.25) is 0 Å². The van der Waals surface area contributed by atoms with Gasteiger partial charge in [-0.25, -0.2) is 4.98 Å². The fourth-order valence-corrected chi connectivity index (χ4v) is 4.71. The van der Waals surface area contributed by atoms with E-state index in [1.54, 1.807) is 18.2 Å². The van der Waals surface area contributed by atoms with Crippen molar-refractivity contribution in [1.29, 1.82) is 5.26 Å². The molecule has 0 radical (unpaired) electrons. The van der Waals surface area contributed by atoms with E-state index < -0.39 is 0 Å².